The summed E-state index contributed by atoms with van der Waals surface area (Å²) < 4.78 is 5.16. The van der Waals surface area contributed by atoms with Gasteiger partial charge in [-0.05, 0) is 29.8 Å². The summed E-state index contributed by atoms with van der Waals surface area (Å²) in [6, 6.07) is 14.0. The van der Waals surface area contributed by atoms with Gasteiger partial charge in [0.05, 0.1) is 25.3 Å². The van der Waals surface area contributed by atoms with Crippen LogP contribution >= 0.6 is 0 Å². The van der Waals surface area contributed by atoms with Crippen molar-refractivity contribution in [3.05, 3.63) is 54.1 Å². The van der Waals surface area contributed by atoms with Crippen molar-refractivity contribution in [1.82, 2.24) is 0 Å². The number of carbonyl (C=O) groups excluding carboxylic acids is 1. The Kier molecular flexibility index (Phi) is 4.79. The average Bonchev–Trinajstić information content (AvgIpc) is 2.47. The second-order valence-electron chi connectivity index (χ2n) is 4.64. The van der Waals surface area contributed by atoms with E-state index in [2.05, 4.69) is 5.32 Å². The SMILES string of the molecule is COc1ccccc1NC(=O)C[C@@H](O)c1cccc(N)c1. The first-order valence-corrected chi connectivity index (χ1v) is 6.56. The standard InChI is InChI=1S/C16H18N2O3/c1-21-15-8-3-2-7-13(15)18-16(20)10-14(19)11-5-4-6-12(17)9-11/h2-9,14,19H,10,17H2,1H3,(H,18,20)/t14-/m1/s1. The van der Waals surface area contributed by atoms with Crippen molar-refractivity contribution in [2.45, 2.75) is 12.5 Å². The third-order valence-corrected chi connectivity index (χ3v) is 3.06. The van der Waals surface area contributed by atoms with Crippen molar-refractivity contribution >= 4 is 17.3 Å². The molecule has 110 valence electrons. The van der Waals surface area contributed by atoms with Gasteiger partial charge in [-0.3, -0.25) is 4.79 Å². The molecule has 0 aliphatic heterocycles. The minimum absolute atomic E-state index is 0.0541. The lowest BCUT2D eigenvalue weighted by molar-refractivity contribution is -0.118. The van der Waals surface area contributed by atoms with Crippen molar-refractivity contribution in [1.29, 1.82) is 0 Å². The lowest BCUT2D eigenvalue weighted by Crippen LogP contribution is -2.16. The summed E-state index contributed by atoms with van der Waals surface area (Å²) in [6.07, 6.45) is -0.954. The highest BCUT2D eigenvalue weighted by atomic mass is 16.5. The molecule has 0 saturated carbocycles. The maximum absolute atomic E-state index is 12.0. The van der Waals surface area contributed by atoms with Gasteiger partial charge in [0.2, 0.25) is 5.91 Å². The first kappa shape index (κ1) is 14.9. The van der Waals surface area contributed by atoms with Gasteiger partial charge in [0.25, 0.3) is 0 Å². The zero-order valence-corrected chi connectivity index (χ0v) is 11.7. The van der Waals surface area contributed by atoms with E-state index >= 15 is 0 Å². The van der Waals surface area contributed by atoms with E-state index in [1.54, 1.807) is 42.5 Å². The second-order valence-corrected chi connectivity index (χ2v) is 4.64. The summed E-state index contributed by atoms with van der Waals surface area (Å²) in [5.74, 6) is 0.277. The van der Waals surface area contributed by atoms with Gasteiger partial charge < -0.3 is 20.9 Å². The maximum Gasteiger partial charge on any atom is 0.227 e. The van der Waals surface area contributed by atoms with Crippen molar-refractivity contribution in [3.63, 3.8) is 0 Å². The van der Waals surface area contributed by atoms with Crippen LogP contribution < -0.4 is 15.8 Å². The number of ether oxygens (including phenoxy) is 1. The number of methoxy groups -OCH3 is 1. The Morgan fingerprint density at radius 1 is 1.29 bits per heavy atom. The van der Waals surface area contributed by atoms with Crippen molar-refractivity contribution in [3.8, 4) is 5.75 Å². The monoisotopic (exact) mass is 286 g/mol. The van der Waals surface area contributed by atoms with Gasteiger partial charge in [0, 0.05) is 5.69 Å². The summed E-state index contributed by atoms with van der Waals surface area (Å²) in [7, 11) is 1.53. The Balaban J connectivity index is 2.01. The molecule has 5 nitrogen and oxygen atoms in total. The average molecular weight is 286 g/mol. The van der Waals surface area contributed by atoms with E-state index in [0.29, 0.717) is 22.7 Å². The molecule has 2 aromatic carbocycles. The molecule has 5 heteroatoms. The molecule has 0 unspecified atom stereocenters. The zero-order valence-electron chi connectivity index (χ0n) is 11.7. The molecule has 0 aromatic heterocycles. The second kappa shape index (κ2) is 6.76. The molecule has 0 radical (unpaired) electrons. The highest BCUT2D eigenvalue weighted by Gasteiger charge is 2.14. The topological polar surface area (TPSA) is 84.6 Å². The van der Waals surface area contributed by atoms with Crippen LogP contribution in [0.4, 0.5) is 11.4 Å². The minimum atomic E-state index is -0.900. The lowest BCUT2D eigenvalue weighted by atomic mass is 10.1. The third-order valence-electron chi connectivity index (χ3n) is 3.06. The first-order chi connectivity index (χ1) is 10.1. The fourth-order valence-electron chi connectivity index (χ4n) is 2.01. The molecule has 0 saturated heterocycles. The van der Waals surface area contributed by atoms with E-state index in [1.807, 2.05) is 6.07 Å². The minimum Gasteiger partial charge on any atom is -0.495 e. The number of amides is 1. The number of para-hydroxylation sites is 2. The van der Waals surface area contributed by atoms with Crippen molar-refractivity contribution < 1.29 is 14.6 Å². The molecule has 2 rings (SSSR count). The number of nitrogen functional groups attached to an aromatic ring is 1. The van der Waals surface area contributed by atoms with Crippen LogP contribution in [0.25, 0.3) is 0 Å². The van der Waals surface area contributed by atoms with Crippen LogP contribution in [0.2, 0.25) is 0 Å². The molecule has 0 bridgehead atoms. The number of hydrogen-bond donors (Lipinski definition) is 3. The predicted octanol–water partition coefficient (Wildman–Crippen LogP) is 2.34. The number of anilines is 2. The normalized spacial score (nSPS) is 11.7. The van der Waals surface area contributed by atoms with Gasteiger partial charge in [-0.15, -0.1) is 0 Å². The Hall–Kier alpha value is -2.53. The summed E-state index contributed by atoms with van der Waals surface area (Å²) >= 11 is 0. The molecular formula is C16H18N2O3. The van der Waals surface area contributed by atoms with Crippen LogP contribution in [0.15, 0.2) is 48.5 Å². The van der Waals surface area contributed by atoms with Crippen LogP contribution in [0.1, 0.15) is 18.1 Å². The Morgan fingerprint density at radius 2 is 2.05 bits per heavy atom. The smallest absolute Gasteiger partial charge is 0.227 e. The Labute approximate surface area is 123 Å². The van der Waals surface area contributed by atoms with E-state index in [9.17, 15) is 9.90 Å². The van der Waals surface area contributed by atoms with E-state index in [0.717, 1.165) is 0 Å². The number of aliphatic hydroxyl groups excluding tert-OH is 1. The lowest BCUT2D eigenvalue weighted by Gasteiger charge is -2.13. The van der Waals surface area contributed by atoms with Crippen LogP contribution in [0.3, 0.4) is 0 Å². The van der Waals surface area contributed by atoms with E-state index in [4.69, 9.17) is 10.5 Å². The third kappa shape index (κ3) is 3.97. The Morgan fingerprint density at radius 3 is 2.76 bits per heavy atom. The molecule has 0 spiro atoms. The molecule has 4 N–H and O–H groups in total. The molecular weight excluding hydrogens is 268 g/mol. The van der Waals surface area contributed by atoms with Crippen molar-refractivity contribution in [2.75, 3.05) is 18.2 Å². The van der Waals surface area contributed by atoms with E-state index in [1.165, 1.54) is 7.11 Å². The first-order valence-electron chi connectivity index (χ1n) is 6.56. The summed E-state index contributed by atoms with van der Waals surface area (Å²) in [5, 5.41) is 12.8. The molecule has 21 heavy (non-hydrogen) atoms. The number of aliphatic hydroxyl groups is 1. The van der Waals surface area contributed by atoms with Gasteiger partial charge in [0.15, 0.2) is 0 Å². The number of rotatable bonds is 5. The predicted molar refractivity (Wildman–Crippen MR) is 82.1 cm³/mol. The van der Waals surface area contributed by atoms with Gasteiger partial charge >= 0.3 is 0 Å². The quantitative estimate of drug-likeness (QED) is 0.737. The van der Waals surface area contributed by atoms with Crippen LogP contribution in [0, 0.1) is 0 Å². The van der Waals surface area contributed by atoms with Gasteiger partial charge in [0.1, 0.15) is 5.75 Å². The molecule has 1 amide bonds. The summed E-state index contributed by atoms with van der Waals surface area (Å²) in [6.45, 7) is 0. The van der Waals surface area contributed by atoms with Gasteiger partial charge in [-0.1, -0.05) is 24.3 Å². The number of benzene rings is 2. The zero-order chi connectivity index (χ0) is 15.2. The fourth-order valence-corrected chi connectivity index (χ4v) is 2.01. The maximum atomic E-state index is 12.0. The number of nitrogens with one attached hydrogen (secondary N) is 1. The van der Waals surface area contributed by atoms with Gasteiger partial charge in [-0.2, -0.15) is 0 Å². The molecule has 2 aromatic rings. The van der Waals surface area contributed by atoms with Crippen LogP contribution in [-0.2, 0) is 4.79 Å². The molecule has 0 aliphatic carbocycles. The summed E-state index contributed by atoms with van der Waals surface area (Å²) in [4.78, 5) is 12.0. The van der Waals surface area contributed by atoms with Crippen LogP contribution in [-0.4, -0.2) is 18.1 Å². The molecule has 0 fully saturated rings. The van der Waals surface area contributed by atoms with Gasteiger partial charge in [-0.25, -0.2) is 0 Å². The molecule has 0 heterocycles. The largest absolute Gasteiger partial charge is 0.495 e. The molecule has 0 aliphatic rings. The fraction of sp³-hybridized carbons (Fsp3) is 0.188. The van der Waals surface area contributed by atoms with Crippen molar-refractivity contribution in [2.24, 2.45) is 0 Å². The molecule has 1 atom stereocenters. The highest BCUT2D eigenvalue weighted by Crippen LogP contribution is 2.24. The number of nitrogens with two attached hydrogens (primary N) is 1. The van der Waals surface area contributed by atoms with Crippen LogP contribution in [0.5, 0.6) is 5.75 Å². The summed E-state index contributed by atoms with van der Waals surface area (Å²) in [5.41, 5.74) is 7.40. The van der Waals surface area contributed by atoms with E-state index < -0.39 is 6.10 Å². The number of carbonyl (C=O) groups is 1. The highest BCUT2D eigenvalue weighted by molar-refractivity contribution is 5.92. The van der Waals surface area contributed by atoms with E-state index in [-0.39, 0.29) is 12.3 Å². The number of hydrogen-bond acceptors (Lipinski definition) is 4. The Bertz CT molecular complexity index is 628.